The molecule has 2 N–H and O–H groups in total. The molecule has 0 radical (unpaired) electrons. The van der Waals surface area contributed by atoms with Crippen LogP contribution in [0.1, 0.15) is 49.5 Å². The Labute approximate surface area is 124 Å². The third-order valence-electron chi connectivity index (χ3n) is 3.33. The van der Waals surface area contributed by atoms with E-state index in [9.17, 15) is 14.4 Å². The molecule has 0 heterocycles. The van der Waals surface area contributed by atoms with E-state index in [0.717, 1.165) is 5.56 Å². The third kappa shape index (κ3) is 4.70. The lowest BCUT2D eigenvalue weighted by molar-refractivity contribution is -0.144. The predicted octanol–water partition coefficient (Wildman–Crippen LogP) is 2.39. The van der Waals surface area contributed by atoms with Gasteiger partial charge >= 0.3 is 5.97 Å². The number of Topliss-reactive ketones (excluding diaryl/α,β-unsaturated/α-hetero) is 1. The SMILES string of the molecule is CC(=O)CCC(C)(C)C(=O)Oc1cc(C(N)=O)ccc1C. The minimum Gasteiger partial charge on any atom is -0.426 e. The van der Waals surface area contributed by atoms with Crippen LogP contribution in [0.2, 0.25) is 0 Å². The van der Waals surface area contributed by atoms with Crippen molar-refractivity contribution in [3.05, 3.63) is 29.3 Å². The van der Waals surface area contributed by atoms with Gasteiger partial charge in [0.1, 0.15) is 11.5 Å². The fraction of sp³-hybridized carbons (Fsp3) is 0.438. The fourth-order valence-electron chi connectivity index (χ4n) is 1.69. The molecule has 21 heavy (non-hydrogen) atoms. The van der Waals surface area contributed by atoms with Crippen LogP contribution in [-0.4, -0.2) is 17.7 Å². The summed E-state index contributed by atoms with van der Waals surface area (Å²) in [6.45, 7) is 6.72. The van der Waals surface area contributed by atoms with Crippen LogP contribution in [0.25, 0.3) is 0 Å². The molecule has 0 saturated carbocycles. The first-order valence-electron chi connectivity index (χ1n) is 6.75. The van der Waals surface area contributed by atoms with E-state index in [1.807, 2.05) is 0 Å². The van der Waals surface area contributed by atoms with Crippen molar-refractivity contribution in [1.82, 2.24) is 0 Å². The highest BCUT2D eigenvalue weighted by molar-refractivity contribution is 5.93. The van der Waals surface area contributed by atoms with Crippen LogP contribution in [0.15, 0.2) is 18.2 Å². The number of carbonyl (C=O) groups is 3. The number of primary amides is 1. The maximum absolute atomic E-state index is 12.2. The third-order valence-corrected chi connectivity index (χ3v) is 3.33. The number of benzene rings is 1. The lowest BCUT2D eigenvalue weighted by Crippen LogP contribution is -2.29. The predicted molar refractivity (Wildman–Crippen MR) is 79.0 cm³/mol. The standard InChI is InChI=1S/C16H21NO4/c1-10-5-6-12(14(17)19)9-13(10)21-15(20)16(3,4)8-7-11(2)18/h5-6,9H,7-8H2,1-4H3,(H2,17,19). The number of hydrogen-bond donors (Lipinski definition) is 1. The molecule has 1 rings (SSSR count). The summed E-state index contributed by atoms with van der Waals surface area (Å²) in [5.41, 5.74) is 5.45. The Morgan fingerprint density at radius 1 is 1.24 bits per heavy atom. The summed E-state index contributed by atoms with van der Waals surface area (Å²) in [5.74, 6) is -0.674. The zero-order valence-electron chi connectivity index (χ0n) is 12.9. The summed E-state index contributed by atoms with van der Waals surface area (Å²) in [6.07, 6.45) is 0.734. The van der Waals surface area contributed by atoms with E-state index in [-0.39, 0.29) is 11.3 Å². The zero-order chi connectivity index (χ0) is 16.2. The molecule has 0 aromatic heterocycles. The largest absolute Gasteiger partial charge is 0.426 e. The normalized spacial score (nSPS) is 11.0. The Morgan fingerprint density at radius 2 is 1.86 bits per heavy atom. The van der Waals surface area contributed by atoms with Gasteiger partial charge in [-0.05, 0) is 51.8 Å². The van der Waals surface area contributed by atoms with Crippen LogP contribution in [0.3, 0.4) is 0 Å². The average molecular weight is 291 g/mol. The van der Waals surface area contributed by atoms with E-state index >= 15 is 0 Å². The number of nitrogens with two attached hydrogens (primary N) is 1. The van der Waals surface area contributed by atoms with Gasteiger partial charge in [0.25, 0.3) is 0 Å². The lowest BCUT2D eigenvalue weighted by atomic mass is 9.87. The first kappa shape index (κ1) is 16.9. The van der Waals surface area contributed by atoms with Crippen LogP contribution >= 0.6 is 0 Å². The average Bonchev–Trinajstić information content (AvgIpc) is 2.38. The van der Waals surface area contributed by atoms with E-state index in [1.165, 1.54) is 13.0 Å². The van der Waals surface area contributed by atoms with Gasteiger partial charge in [-0.2, -0.15) is 0 Å². The highest BCUT2D eigenvalue weighted by Crippen LogP contribution is 2.27. The van der Waals surface area contributed by atoms with Gasteiger partial charge in [0.05, 0.1) is 5.41 Å². The maximum Gasteiger partial charge on any atom is 0.316 e. The highest BCUT2D eigenvalue weighted by Gasteiger charge is 2.30. The molecule has 0 aliphatic heterocycles. The molecule has 0 atom stereocenters. The van der Waals surface area contributed by atoms with Crippen molar-refractivity contribution in [3.63, 3.8) is 0 Å². The quantitative estimate of drug-likeness (QED) is 0.644. The molecule has 0 saturated heterocycles. The second kappa shape index (κ2) is 6.52. The van der Waals surface area contributed by atoms with Gasteiger partial charge < -0.3 is 15.3 Å². The summed E-state index contributed by atoms with van der Waals surface area (Å²) < 4.78 is 5.38. The van der Waals surface area contributed by atoms with Gasteiger partial charge in [0.2, 0.25) is 5.91 Å². The minimum absolute atomic E-state index is 0.0304. The second-order valence-corrected chi connectivity index (χ2v) is 5.82. The van der Waals surface area contributed by atoms with E-state index < -0.39 is 17.3 Å². The Kier molecular flexibility index (Phi) is 5.24. The fourth-order valence-corrected chi connectivity index (χ4v) is 1.69. The topological polar surface area (TPSA) is 86.5 Å². The van der Waals surface area contributed by atoms with E-state index in [2.05, 4.69) is 0 Å². The van der Waals surface area contributed by atoms with Crippen molar-refractivity contribution in [3.8, 4) is 5.75 Å². The monoisotopic (exact) mass is 291 g/mol. The van der Waals surface area contributed by atoms with Gasteiger partial charge in [-0.25, -0.2) is 0 Å². The summed E-state index contributed by atoms with van der Waals surface area (Å²) in [5, 5.41) is 0. The Balaban J connectivity index is 2.89. The summed E-state index contributed by atoms with van der Waals surface area (Å²) in [7, 11) is 0. The number of rotatable bonds is 6. The lowest BCUT2D eigenvalue weighted by Gasteiger charge is -2.22. The smallest absolute Gasteiger partial charge is 0.316 e. The molecular formula is C16H21NO4. The van der Waals surface area contributed by atoms with Gasteiger partial charge in [-0.1, -0.05) is 6.07 Å². The van der Waals surface area contributed by atoms with Gasteiger partial charge in [0.15, 0.2) is 0 Å². The molecule has 0 bridgehead atoms. The van der Waals surface area contributed by atoms with Crippen molar-refractivity contribution in [2.45, 2.75) is 40.5 Å². The van der Waals surface area contributed by atoms with E-state index in [0.29, 0.717) is 18.6 Å². The first-order chi connectivity index (χ1) is 9.63. The number of hydrogen-bond acceptors (Lipinski definition) is 4. The van der Waals surface area contributed by atoms with Crippen LogP contribution < -0.4 is 10.5 Å². The summed E-state index contributed by atoms with van der Waals surface area (Å²) in [6, 6.07) is 4.71. The van der Waals surface area contributed by atoms with Gasteiger partial charge in [0, 0.05) is 12.0 Å². The first-order valence-corrected chi connectivity index (χ1v) is 6.75. The van der Waals surface area contributed by atoms with Crippen molar-refractivity contribution >= 4 is 17.7 Å². The molecular weight excluding hydrogens is 270 g/mol. The van der Waals surface area contributed by atoms with Crippen molar-refractivity contribution in [1.29, 1.82) is 0 Å². The Morgan fingerprint density at radius 3 is 2.38 bits per heavy atom. The Bertz CT molecular complexity index is 576. The number of carbonyl (C=O) groups excluding carboxylic acids is 3. The zero-order valence-corrected chi connectivity index (χ0v) is 12.9. The number of aryl methyl sites for hydroxylation is 1. The van der Waals surface area contributed by atoms with Crippen molar-refractivity contribution < 1.29 is 19.1 Å². The van der Waals surface area contributed by atoms with Crippen LogP contribution in [0, 0.1) is 12.3 Å². The molecule has 1 amide bonds. The van der Waals surface area contributed by atoms with Crippen LogP contribution in [-0.2, 0) is 9.59 Å². The minimum atomic E-state index is -0.777. The van der Waals surface area contributed by atoms with E-state index in [1.54, 1.807) is 32.9 Å². The van der Waals surface area contributed by atoms with Gasteiger partial charge in [-0.15, -0.1) is 0 Å². The maximum atomic E-state index is 12.2. The van der Waals surface area contributed by atoms with Crippen molar-refractivity contribution in [2.24, 2.45) is 11.1 Å². The van der Waals surface area contributed by atoms with Crippen molar-refractivity contribution in [2.75, 3.05) is 0 Å². The second-order valence-electron chi connectivity index (χ2n) is 5.82. The van der Waals surface area contributed by atoms with Crippen LogP contribution in [0.5, 0.6) is 5.75 Å². The molecule has 0 fully saturated rings. The molecule has 114 valence electrons. The molecule has 0 aliphatic carbocycles. The summed E-state index contributed by atoms with van der Waals surface area (Å²) in [4.78, 5) is 34.4. The number of ketones is 1. The molecule has 5 nitrogen and oxygen atoms in total. The number of esters is 1. The molecule has 0 unspecified atom stereocenters. The molecule has 5 heteroatoms. The molecule has 1 aromatic carbocycles. The molecule has 1 aromatic rings. The van der Waals surface area contributed by atoms with E-state index in [4.69, 9.17) is 10.5 Å². The van der Waals surface area contributed by atoms with Crippen LogP contribution in [0.4, 0.5) is 0 Å². The van der Waals surface area contributed by atoms with Gasteiger partial charge in [-0.3, -0.25) is 9.59 Å². The Hall–Kier alpha value is -2.17. The molecule has 0 spiro atoms. The molecule has 0 aliphatic rings. The summed E-state index contributed by atoms with van der Waals surface area (Å²) >= 11 is 0. The number of ether oxygens (including phenoxy) is 1. The highest BCUT2D eigenvalue weighted by atomic mass is 16.5. The number of amides is 1.